The zero-order chi connectivity index (χ0) is 12.0. The maximum absolute atomic E-state index is 5.43. The Morgan fingerprint density at radius 2 is 2.00 bits per heavy atom. The zero-order valence-electron chi connectivity index (χ0n) is 11.2. The lowest BCUT2D eigenvalue weighted by Gasteiger charge is -2.37. The molecule has 1 heterocycles. The third kappa shape index (κ3) is 4.17. The van der Waals surface area contributed by atoms with Gasteiger partial charge in [-0.3, -0.25) is 0 Å². The number of hydrogen-bond acceptors (Lipinski definition) is 2. The highest BCUT2D eigenvalue weighted by molar-refractivity contribution is 4.98. The molecule has 0 aromatic rings. The third-order valence-electron chi connectivity index (χ3n) is 3.15. The van der Waals surface area contributed by atoms with Gasteiger partial charge in [0.15, 0.2) is 0 Å². The average Bonchev–Trinajstić information content (AvgIpc) is 2.26. The average molecular weight is 225 g/mol. The van der Waals surface area contributed by atoms with Gasteiger partial charge in [0.25, 0.3) is 0 Å². The monoisotopic (exact) mass is 225 g/mol. The number of nitrogens with zero attached hydrogens (tertiary/aromatic N) is 1. The van der Waals surface area contributed by atoms with Crippen LogP contribution in [0.25, 0.3) is 0 Å². The van der Waals surface area contributed by atoms with Crippen molar-refractivity contribution in [1.29, 1.82) is 0 Å². The molecule has 0 amide bonds. The second-order valence-electron chi connectivity index (χ2n) is 5.20. The SMILES string of the molecule is C=C(CC(C)C)N(CCC)C1CCOCC1. The minimum atomic E-state index is 0.667. The minimum Gasteiger partial charge on any atom is -0.381 e. The molecular formula is C14H27NO. The van der Waals surface area contributed by atoms with Crippen molar-refractivity contribution in [1.82, 2.24) is 4.90 Å². The highest BCUT2D eigenvalue weighted by Gasteiger charge is 2.21. The van der Waals surface area contributed by atoms with Gasteiger partial charge in [0.1, 0.15) is 0 Å². The number of allylic oxidation sites excluding steroid dienone is 1. The van der Waals surface area contributed by atoms with Gasteiger partial charge in [0.05, 0.1) is 0 Å². The van der Waals surface area contributed by atoms with E-state index < -0.39 is 0 Å². The van der Waals surface area contributed by atoms with Gasteiger partial charge in [0, 0.05) is 31.5 Å². The second-order valence-corrected chi connectivity index (χ2v) is 5.20. The first-order valence-corrected chi connectivity index (χ1v) is 6.67. The topological polar surface area (TPSA) is 12.5 Å². The third-order valence-corrected chi connectivity index (χ3v) is 3.15. The molecule has 0 atom stereocenters. The van der Waals surface area contributed by atoms with Crippen molar-refractivity contribution in [2.45, 2.75) is 52.5 Å². The summed E-state index contributed by atoms with van der Waals surface area (Å²) in [6.07, 6.45) is 4.65. The van der Waals surface area contributed by atoms with E-state index in [-0.39, 0.29) is 0 Å². The van der Waals surface area contributed by atoms with Crippen LogP contribution in [0.3, 0.4) is 0 Å². The Bertz CT molecular complexity index is 207. The van der Waals surface area contributed by atoms with Crippen molar-refractivity contribution < 1.29 is 4.74 Å². The van der Waals surface area contributed by atoms with Crippen molar-refractivity contribution in [2.24, 2.45) is 5.92 Å². The van der Waals surface area contributed by atoms with E-state index in [1.165, 1.54) is 12.1 Å². The van der Waals surface area contributed by atoms with E-state index in [0.717, 1.165) is 39.0 Å². The summed E-state index contributed by atoms with van der Waals surface area (Å²) in [6, 6.07) is 0.667. The minimum absolute atomic E-state index is 0.667. The Kier molecular flexibility index (Phi) is 5.89. The van der Waals surface area contributed by atoms with Gasteiger partial charge in [-0.15, -0.1) is 0 Å². The zero-order valence-corrected chi connectivity index (χ0v) is 11.2. The van der Waals surface area contributed by atoms with Gasteiger partial charge < -0.3 is 9.64 Å². The maximum Gasteiger partial charge on any atom is 0.0485 e. The summed E-state index contributed by atoms with van der Waals surface area (Å²) in [7, 11) is 0. The predicted molar refractivity (Wildman–Crippen MR) is 69.4 cm³/mol. The summed E-state index contributed by atoms with van der Waals surface area (Å²) in [5.74, 6) is 0.701. The summed E-state index contributed by atoms with van der Waals surface area (Å²) < 4.78 is 5.43. The molecule has 0 spiro atoms. The molecule has 16 heavy (non-hydrogen) atoms. The molecule has 0 aromatic heterocycles. The Labute approximate surface area is 101 Å². The summed E-state index contributed by atoms with van der Waals surface area (Å²) in [4.78, 5) is 2.53. The van der Waals surface area contributed by atoms with E-state index in [9.17, 15) is 0 Å². The predicted octanol–water partition coefficient (Wildman–Crippen LogP) is 3.44. The molecule has 1 aliphatic rings. The highest BCUT2D eigenvalue weighted by atomic mass is 16.5. The smallest absolute Gasteiger partial charge is 0.0485 e. The number of rotatable bonds is 6. The van der Waals surface area contributed by atoms with Crippen molar-refractivity contribution in [3.8, 4) is 0 Å². The molecule has 94 valence electrons. The molecule has 1 saturated heterocycles. The van der Waals surface area contributed by atoms with Crippen LogP contribution in [0.5, 0.6) is 0 Å². The molecule has 1 aliphatic heterocycles. The summed E-state index contributed by atoms with van der Waals surface area (Å²) in [5, 5.41) is 0. The Morgan fingerprint density at radius 3 is 2.50 bits per heavy atom. The van der Waals surface area contributed by atoms with E-state index >= 15 is 0 Å². The van der Waals surface area contributed by atoms with Crippen LogP contribution in [0.2, 0.25) is 0 Å². The fourth-order valence-corrected chi connectivity index (χ4v) is 2.43. The Morgan fingerprint density at radius 1 is 1.38 bits per heavy atom. The Hall–Kier alpha value is -0.500. The van der Waals surface area contributed by atoms with Gasteiger partial charge in [-0.25, -0.2) is 0 Å². The molecular weight excluding hydrogens is 198 g/mol. The van der Waals surface area contributed by atoms with Crippen molar-refractivity contribution >= 4 is 0 Å². The molecule has 1 fully saturated rings. The van der Waals surface area contributed by atoms with Crippen LogP contribution < -0.4 is 0 Å². The van der Waals surface area contributed by atoms with Crippen molar-refractivity contribution in [3.05, 3.63) is 12.3 Å². The largest absolute Gasteiger partial charge is 0.381 e. The molecule has 0 aromatic carbocycles. The quantitative estimate of drug-likeness (QED) is 0.686. The molecule has 0 aliphatic carbocycles. The van der Waals surface area contributed by atoms with Crippen molar-refractivity contribution in [3.63, 3.8) is 0 Å². The number of ether oxygens (including phenoxy) is 1. The molecule has 0 bridgehead atoms. The molecule has 0 unspecified atom stereocenters. The Balaban J connectivity index is 2.53. The van der Waals surface area contributed by atoms with Crippen LogP contribution in [-0.4, -0.2) is 30.7 Å². The van der Waals surface area contributed by atoms with Crippen LogP contribution in [-0.2, 0) is 4.74 Å². The molecule has 0 N–H and O–H groups in total. The van der Waals surface area contributed by atoms with Gasteiger partial charge in [-0.05, 0) is 31.6 Å². The summed E-state index contributed by atoms with van der Waals surface area (Å²) in [6.45, 7) is 14.0. The van der Waals surface area contributed by atoms with Crippen LogP contribution in [0.4, 0.5) is 0 Å². The standard InChI is InChI=1S/C14H27NO/c1-5-8-15(13(4)11-12(2)3)14-6-9-16-10-7-14/h12,14H,4-11H2,1-3H3. The fraction of sp³-hybridized carbons (Fsp3) is 0.857. The van der Waals surface area contributed by atoms with Gasteiger partial charge in [-0.1, -0.05) is 27.4 Å². The molecule has 0 saturated carbocycles. The van der Waals surface area contributed by atoms with Crippen LogP contribution in [0, 0.1) is 5.92 Å². The number of hydrogen-bond donors (Lipinski definition) is 0. The first-order valence-electron chi connectivity index (χ1n) is 6.67. The fourth-order valence-electron chi connectivity index (χ4n) is 2.43. The lowest BCUT2D eigenvalue weighted by Crippen LogP contribution is -2.39. The van der Waals surface area contributed by atoms with Gasteiger partial charge >= 0.3 is 0 Å². The van der Waals surface area contributed by atoms with Crippen molar-refractivity contribution in [2.75, 3.05) is 19.8 Å². The van der Waals surface area contributed by atoms with Crippen LogP contribution in [0.15, 0.2) is 12.3 Å². The van der Waals surface area contributed by atoms with E-state index in [1.54, 1.807) is 0 Å². The van der Waals surface area contributed by atoms with Gasteiger partial charge in [0.2, 0.25) is 0 Å². The normalized spacial score (nSPS) is 17.8. The maximum atomic E-state index is 5.43. The molecule has 1 rings (SSSR count). The lowest BCUT2D eigenvalue weighted by atomic mass is 10.0. The van der Waals surface area contributed by atoms with Crippen LogP contribution >= 0.6 is 0 Å². The van der Waals surface area contributed by atoms with E-state index in [1.807, 2.05) is 0 Å². The van der Waals surface area contributed by atoms with E-state index in [0.29, 0.717) is 12.0 Å². The molecule has 0 radical (unpaired) electrons. The summed E-state index contributed by atoms with van der Waals surface area (Å²) >= 11 is 0. The van der Waals surface area contributed by atoms with E-state index in [2.05, 4.69) is 32.3 Å². The highest BCUT2D eigenvalue weighted by Crippen LogP contribution is 2.22. The first-order chi connectivity index (χ1) is 7.65. The first kappa shape index (κ1) is 13.6. The second kappa shape index (κ2) is 6.95. The van der Waals surface area contributed by atoms with Crippen LogP contribution in [0.1, 0.15) is 46.5 Å². The van der Waals surface area contributed by atoms with E-state index in [4.69, 9.17) is 4.74 Å². The molecule has 2 nitrogen and oxygen atoms in total. The summed E-state index contributed by atoms with van der Waals surface area (Å²) in [5.41, 5.74) is 1.32. The van der Waals surface area contributed by atoms with Gasteiger partial charge in [-0.2, -0.15) is 0 Å². The molecule has 2 heteroatoms. The lowest BCUT2D eigenvalue weighted by molar-refractivity contribution is 0.0441.